The zero-order valence-corrected chi connectivity index (χ0v) is 45.0. The number of hydrogen-bond donors (Lipinski definition) is 12. The fourth-order valence-electron chi connectivity index (χ4n) is 9.41. The van der Waals surface area contributed by atoms with Crippen LogP contribution in [0.3, 0.4) is 0 Å². The zero-order chi connectivity index (χ0) is 56.2. The van der Waals surface area contributed by atoms with Gasteiger partial charge < -0.3 is 70.2 Å². The van der Waals surface area contributed by atoms with Gasteiger partial charge in [0, 0.05) is 42.9 Å². The third-order valence-electron chi connectivity index (χ3n) is 13.4. The number of aromatic hydroxyl groups is 1. The molecular formula is C51H73N13O11S2. The highest BCUT2D eigenvalue weighted by molar-refractivity contribution is 8.77. The van der Waals surface area contributed by atoms with Crippen molar-refractivity contribution in [2.45, 2.75) is 144 Å². The van der Waals surface area contributed by atoms with Crippen molar-refractivity contribution in [2.75, 3.05) is 25.4 Å². The number of hydrogen-bond acceptors (Lipinski definition) is 14. The number of benzene rings is 2. The summed E-state index contributed by atoms with van der Waals surface area (Å²) in [5, 5.41) is 28.9. The second-order valence-electron chi connectivity index (χ2n) is 19.9. The molecule has 3 fully saturated rings. The van der Waals surface area contributed by atoms with Gasteiger partial charge in [0.05, 0.1) is 13.0 Å². The molecule has 10 amide bonds. The number of likely N-dealkylation sites (tertiary alicyclic amines) is 1. The van der Waals surface area contributed by atoms with E-state index in [1.807, 2.05) is 0 Å². The summed E-state index contributed by atoms with van der Waals surface area (Å²) in [7, 11) is 2.56. The van der Waals surface area contributed by atoms with Crippen molar-refractivity contribution < 1.29 is 53.1 Å². The highest BCUT2D eigenvalue weighted by Crippen LogP contribution is 2.48. The molecule has 2 heterocycles. The van der Waals surface area contributed by atoms with Crippen LogP contribution in [0.25, 0.3) is 0 Å². The van der Waals surface area contributed by atoms with Gasteiger partial charge >= 0.3 is 0 Å². The summed E-state index contributed by atoms with van der Waals surface area (Å²) in [6, 6.07) is 5.68. The third-order valence-corrected chi connectivity index (χ3v) is 16.7. The van der Waals surface area contributed by atoms with Crippen molar-refractivity contribution in [1.82, 2.24) is 42.1 Å². The van der Waals surface area contributed by atoms with Crippen LogP contribution in [0, 0.1) is 5.92 Å². The Kier molecular flexibility index (Phi) is 23.2. The number of carbonyl (C=O) groups excluding carboxylic acids is 10. The average Bonchev–Trinajstić information content (AvgIpc) is 3.88. The lowest BCUT2D eigenvalue weighted by Crippen LogP contribution is -2.61. The summed E-state index contributed by atoms with van der Waals surface area (Å²) in [6.45, 7) is 2.94. The normalized spacial score (nSPS) is 23.2. The lowest BCUT2D eigenvalue weighted by atomic mass is 9.85. The standard InChI is InChI=1S/C51H73N13O11S2/c1-29(2)42-48(74)61-36(25-39(52)66)45(71)62-37(49(75)64-22-10-14-38(64)47(73)59-33(13-9-21-56-50(54)55)43(69)57-27-40(53)67)28-76-77-51(19-7-4-8-20-51)26-41(68)58-34(24-31-15-17-32(65)18-16-31)44(70)60-35(46(72)63-42)23-30-11-5-3-6-12-30/h3,5-6,11-12,15-18,29,33-38,42,65H,4,7-10,13-14,19-28H2,1-2H3,(H2,52,66)(H2,53,67)(H,57,69)(H,58,68)(H,59,73)(H,60,70)(H,61,74)(H,62,71)(H,63,72)(H4,54,55,56)/t33-,34+,35-,36-,37-,38-,42-/m0/s1. The van der Waals surface area contributed by atoms with Crippen LogP contribution in [-0.2, 0) is 60.8 Å². The van der Waals surface area contributed by atoms with Crippen molar-refractivity contribution in [1.29, 1.82) is 0 Å². The van der Waals surface area contributed by atoms with Crippen LogP contribution in [0.1, 0.15) is 95.6 Å². The Balaban J connectivity index is 1.51. The quantitative estimate of drug-likeness (QED) is 0.0381. The van der Waals surface area contributed by atoms with Gasteiger partial charge in [0.15, 0.2) is 5.96 Å². The summed E-state index contributed by atoms with van der Waals surface area (Å²) < 4.78 is -0.726. The summed E-state index contributed by atoms with van der Waals surface area (Å²) in [4.78, 5) is 144. The van der Waals surface area contributed by atoms with Gasteiger partial charge in [-0.3, -0.25) is 52.9 Å². The Morgan fingerprint density at radius 3 is 2.03 bits per heavy atom. The van der Waals surface area contributed by atoms with Crippen molar-refractivity contribution in [2.24, 2.45) is 33.8 Å². The second-order valence-corrected chi connectivity index (χ2v) is 22.7. The van der Waals surface area contributed by atoms with E-state index in [2.05, 4.69) is 42.2 Å². The SMILES string of the molecule is CC(C)[C@@H]1NC(=O)[C@H](Cc2ccccc2)NC(=O)[C@@H](Cc2ccc(O)cc2)NC(=O)CC2(CCCCC2)SSC[C@@H](C(=O)N2CCC[C@H]2C(=O)N[C@@H](CCCN=C(N)N)C(=O)NCC(N)=O)NC(=O)[C@H](CC(N)=O)NC1=O. The van der Waals surface area contributed by atoms with E-state index < -0.39 is 125 Å². The van der Waals surface area contributed by atoms with Gasteiger partial charge in [-0.15, -0.1) is 0 Å². The Labute approximate surface area is 455 Å². The molecule has 0 aromatic heterocycles. The first kappa shape index (κ1) is 60.8. The van der Waals surface area contributed by atoms with Crippen molar-refractivity contribution >= 4 is 86.6 Å². The van der Waals surface area contributed by atoms with E-state index in [-0.39, 0.29) is 69.1 Å². The number of primary amides is 2. The van der Waals surface area contributed by atoms with E-state index in [1.54, 1.807) is 56.3 Å². The predicted octanol–water partition coefficient (Wildman–Crippen LogP) is -1.25. The number of rotatable bonds is 17. The molecule has 0 bridgehead atoms. The number of guanidine groups is 1. The van der Waals surface area contributed by atoms with Gasteiger partial charge in [0.2, 0.25) is 59.1 Å². The van der Waals surface area contributed by atoms with E-state index >= 15 is 0 Å². The van der Waals surface area contributed by atoms with Crippen LogP contribution < -0.4 is 60.2 Å². The molecule has 24 nitrogen and oxygen atoms in total. The first-order valence-corrected chi connectivity index (χ1v) is 28.1. The molecular weight excluding hydrogens is 1030 g/mol. The molecule has 2 aromatic rings. The number of nitrogens with two attached hydrogens (primary N) is 4. The van der Waals surface area contributed by atoms with E-state index in [4.69, 9.17) is 22.9 Å². The van der Waals surface area contributed by atoms with Gasteiger partial charge in [-0.05, 0) is 67.7 Å². The third kappa shape index (κ3) is 19.2. The molecule has 1 aliphatic carbocycles. The Hall–Kier alpha value is -7.09. The molecule has 2 saturated heterocycles. The van der Waals surface area contributed by atoms with Gasteiger partial charge in [-0.25, -0.2) is 0 Å². The van der Waals surface area contributed by atoms with E-state index in [0.29, 0.717) is 30.4 Å². The van der Waals surface area contributed by atoms with Crippen molar-refractivity contribution in [3.63, 3.8) is 0 Å². The summed E-state index contributed by atoms with van der Waals surface area (Å²) in [5.74, 6) is -8.67. The summed E-state index contributed by atoms with van der Waals surface area (Å²) in [5.41, 5.74) is 23.1. The molecule has 2 aliphatic heterocycles. The molecule has 7 atom stereocenters. The molecule has 420 valence electrons. The predicted molar refractivity (Wildman–Crippen MR) is 290 cm³/mol. The maximum absolute atomic E-state index is 14.9. The molecule has 0 radical (unpaired) electrons. The fourth-order valence-corrected chi connectivity index (χ4v) is 12.8. The largest absolute Gasteiger partial charge is 0.508 e. The number of phenols is 1. The molecule has 1 saturated carbocycles. The monoisotopic (exact) mass is 1110 g/mol. The smallest absolute Gasteiger partial charge is 0.246 e. The summed E-state index contributed by atoms with van der Waals surface area (Å²) >= 11 is 0. The first-order chi connectivity index (χ1) is 36.6. The van der Waals surface area contributed by atoms with Crippen LogP contribution in [0.2, 0.25) is 0 Å². The molecule has 3 aliphatic rings. The van der Waals surface area contributed by atoms with E-state index in [1.165, 1.54) is 38.6 Å². The highest BCUT2D eigenvalue weighted by Gasteiger charge is 2.42. The van der Waals surface area contributed by atoms with Gasteiger partial charge in [-0.2, -0.15) is 0 Å². The van der Waals surface area contributed by atoms with Crippen LogP contribution in [0.4, 0.5) is 0 Å². The minimum absolute atomic E-state index is 0.00648. The molecule has 2 aromatic carbocycles. The number of amides is 10. The van der Waals surface area contributed by atoms with E-state index in [0.717, 1.165) is 19.3 Å². The minimum atomic E-state index is -1.66. The van der Waals surface area contributed by atoms with Crippen molar-refractivity contribution in [3.8, 4) is 5.75 Å². The lowest BCUT2D eigenvalue weighted by Gasteiger charge is -2.37. The van der Waals surface area contributed by atoms with Crippen LogP contribution in [0.5, 0.6) is 5.75 Å². The van der Waals surface area contributed by atoms with E-state index in [9.17, 15) is 53.1 Å². The fraction of sp³-hybridized carbons (Fsp3) is 0.549. The zero-order valence-electron chi connectivity index (χ0n) is 43.4. The topological polar surface area (TPSA) is 395 Å². The molecule has 1 spiro atoms. The molecule has 77 heavy (non-hydrogen) atoms. The Morgan fingerprint density at radius 2 is 1.39 bits per heavy atom. The van der Waals surface area contributed by atoms with Crippen LogP contribution >= 0.6 is 21.6 Å². The van der Waals surface area contributed by atoms with Gasteiger partial charge in [0.25, 0.3) is 0 Å². The number of nitrogens with zero attached hydrogens (tertiary/aromatic N) is 2. The molecule has 16 N–H and O–H groups in total. The minimum Gasteiger partial charge on any atom is -0.508 e. The highest BCUT2D eigenvalue weighted by atomic mass is 33.1. The van der Waals surface area contributed by atoms with Crippen LogP contribution in [0.15, 0.2) is 59.6 Å². The Bertz CT molecular complexity index is 2460. The molecule has 5 rings (SSSR count). The summed E-state index contributed by atoms with van der Waals surface area (Å²) in [6.07, 6.45) is 3.56. The van der Waals surface area contributed by atoms with Crippen LogP contribution in [-0.4, -0.2) is 147 Å². The average molecular weight is 1110 g/mol. The Morgan fingerprint density at radius 1 is 0.766 bits per heavy atom. The van der Waals surface area contributed by atoms with Gasteiger partial charge in [-0.1, -0.05) is 97.2 Å². The maximum atomic E-state index is 14.9. The molecule has 26 heteroatoms. The number of phenolic OH excluding ortho intramolecular Hbond substituents is 1. The number of carbonyl (C=O) groups is 10. The lowest BCUT2D eigenvalue weighted by molar-refractivity contribution is -0.142. The number of aliphatic imine (C=N–C) groups is 1. The van der Waals surface area contributed by atoms with Crippen molar-refractivity contribution in [3.05, 3.63) is 65.7 Å². The first-order valence-electron chi connectivity index (χ1n) is 25.8. The molecule has 0 unspecified atom stereocenters. The number of nitrogens with one attached hydrogen (secondary N) is 7. The maximum Gasteiger partial charge on any atom is 0.246 e. The second kappa shape index (κ2) is 29.4. The van der Waals surface area contributed by atoms with Gasteiger partial charge in [0.1, 0.15) is 48.0 Å².